The molecule has 4 heteroatoms. The maximum atomic E-state index is 5.95. The van der Waals surface area contributed by atoms with E-state index in [1.54, 1.807) is 11.3 Å². The molecule has 2 rings (SSSR count). The van der Waals surface area contributed by atoms with Crippen molar-refractivity contribution in [1.82, 2.24) is 0 Å². The van der Waals surface area contributed by atoms with Crippen LogP contribution in [0.25, 0.3) is 0 Å². The van der Waals surface area contributed by atoms with Gasteiger partial charge in [0.2, 0.25) is 0 Å². The highest BCUT2D eigenvalue weighted by Gasteiger charge is 2.11. The van der Waals surface area contributed by atoms with Gasteiger partial charge in [-0.2, -0.15) is 0 Å². The van der Waals surface area contributed by atoms with Crippen LogP contribution < -0.4 is 5.32 Å². The Bertz CT molecular complexity index is 524. The Balaban J connectivity index is 2.19. The Morgan fingerprint density at radius 2 is 2.12 bits per heavy atom. The molecule has 2 aromatic rings. The standard InChI is InChI=1S/C13H13BrClNS/c1-8-7-10(15)3-4-12(8)16-9(2)13-11(14)5-6-17-13/h3-7,9,16H,1-2H3. The first-order valence-electron chi connectivity index (χ1n) is 5.33. The van der Waals surface area contributed by atoms with Gasteiger partial charge in [-0.3, -0.25) is 0 Å². The second-order valence-corrected chi connectivity index (χ2v) is 6.20. The SMILES string of the molecule is Cc1cc(Cl)ccc1NC(C)c1sccc1Br. The van der Waals surface area contributed by atoms with Gasteiger partial charge >= 0.3 is 0 Å². The fourth-order valence-corrected chi connectivity index (χ4v) is 3.65. The van der Waals surface area contributed by atoms with Gasteiger partial charge in [0.15, 0.2) is 0 Å². The third-order valence-corrected chi connectivity index (χ3v) is 4.89. The Morgan fingerprint density at radius 3 is 2.71 bits per heavy atom. The van der Waals surface area contributed by atoms with Crippen LogP contribution in [-0.2, 0) is 0 Å². The molecule has 0 bridgehead atoms. The van der Waals surface area contributed by atoms with Crippen molar-refractivity contribution < 1.29 is 0 Å². The molecule has 17 heavy (non-hydrogen) atoms. The smallest absolute Gasteiger partial charge is 0.0589 e. The van der Waals surface area contributed by atoms with Gasteiger partial charge in [-0.1, -0.05) is 11.6 Å². The molecule has 1 aromatic heterocycles. The minimum Gasteiger partial charge on any atom is -0.377 e. The van der Waals surface area contributed by atoms with Crippen molar-refractivity contribution in [2.75, 3.05) is 5.32 Å². The summed E-state index contributed by atoms with van der Waals surface area (Å²) in [5.41, 5.74) is 2.29. The number of hydrogen-bond donors (Lipinski definition) is 1. The number of rotatable bonds is 3. The predicted octanol–water partition coefficient (Wildman–Crippen LogP) is 5.65. The highest BCUT2D eigenvalue weighted by Crippen LogP contribution is 2.32. The second kappa shape index (κ2) is 5.42. The Labute approximate surface area is 119 Å². The van der Waals surface area contributed by atoms with Crippen molar-refractivity contribution in [2.45, 2.75) is 19.9 Å². The molecule has 1 heterocycles. The van der Waals surface area contributed by atoms with Gasteiger partial charge in [0.25, 0.3) is 0 Å². The van der Waals surface area contributed by atoms with Gasteiger partial charge in [0.05, 0.1) is 6.04 Å². The summed E-state index contributed by atoms with van der Waals surface area (Å²) in [4.78, 5) is 1.30. The average Bonchev–Trinajstić information content (AvgIpc) is 2.68. The quantitative estimate of drug-likeness (QED) is 0.767. The number of anilines is 1. The third kappa shape index (κ3) is 3.03. The molecule has 0 saturated heterocycles. The van der Waals surface area contributed by atoms with Crippen LogP contribution in [0.4, 0.5) is 5.69 Å². The summed E-state index contributed by atoms with van der Waals surface area (Å²) < 4.78 is 1.16. The molecule has 90 valence electrons. The monoisotopic (exact) mass is 329 g/mol. The van der Waals surface area contributed by atoms with E-state index < -0.39 is 0 Å². The normalized spacial score (nSPS) is 12.5. The van der Waals surface area contributed by atoms with Gasteiger partial charge < -0.3 is 5.32 Å². The van der Waals surface area contributed by atoms with Crippen molar-refractivity contribution in [1.29, 1.82) is 0 Å². The average molecular weight is 331 g/mol. The molecule has 1 aromatic carbocycles. The first kappa shape index (κ1) is 12.9. The maximum Gasteiger partial charge on any atom is 0.0589 e. The Morgan fingerprint density at radius 1 is 1.35 bits per heavy atom. The summed E-state index contributed by atoms with van der Waals surface area (Å²) in [6.07, 6.45) is 0. The van der Waals surface area contributed by atoms with Gasteiger partial charge in [0, 0.05) is 20.1 Å². The summed E-state index contributed by atoms with van der Waals surface area (Å²) in [5.74, 6) is 0. The molecule has 0 aliphatic rings. The number of halogens is 2. The van der Waals surface area contributed by atoms with Gasteiger partial charge in [-0.25, -0.2) is 0 Å². The summed E-state index contributed by atoms with van der Waals surface area (Å²) >= 11 is 11.3. The van der Waals surface area contributed by atoms with Crippen LogP contribution in [0, 0.1) is 6.92 Å². The largest absolute Gasteiger partial charge is 0.377 e. The van der Waals surface area contributed by atoms with E-state index in [1.807, 2.05) is 18.2 Å². The summed E-state index contributed by atoms with van der Waals surface area (Å²) in [7, 11) is 0. The Kier molecular flexibility index (Phi) is 4.13. The van der Waals surface area contributed by atoms with Crippen molar-refractivity contribution in [3.63, 3.8) is 0 Å². The molecule has 1 nitrogen and oxygen atoms in total. The predicted molar refractivity (Wildman–Crippen MR) is 80.2 cm³/mol. The number of hydrogen-bond acceptors (Lipinski definition) is 2. The lowest BCUT2D eigenvalue weighted by Crippen LogP contribution is -2.06. The summed E-state index contributed by atoms with van der Waals surface area (Å²) in [6, 6.07) is 8.26. The summed E-state index contributed by atoms with van der Waals surface area (Å²) in [5, 5.41) is 6.37. The summed E-state index contributed by atoms with van der Waals surface area (Å²) in [6.45, 7) is 4.22. The Hall–Kier alpha value is -0.510. The number of benzene rings is 1. The number of thiophene rings is 1. The molecule has 0 aliphatic carbocycles. The molecule has 1 N–H and O–H groups in total. The fourth-order valence-electron chi connectivity index (χ4n) is 1.70. The van der Waals surface area contributed by atoms with Crippen molar-refractivity contribution >= 4 is 44.6 Å². The zero-order valence-corrected chi connectivity index (χ0v) is 12.8. The fraction of sp³-hybridized carbons (Fsp3) is 0.231. The van der Waals surface area contributed by atoms with Crippen LogP contribution in [0.2, 0.25) is 5.02 Å². The van der Waals surface area contributed by atoms with E-state index in [1.165, 1.54) is 4.88 Å². The molecule has 0 fully saturated rings. The molecule has 1 unspecified atom stereocenters. The van der Waals surface area contributed by atoms with E-state index >= 15 is 0 Å². The number of nitrogens with one attached hydrogen (secondary N) is 1. The van der Waals surface area contributed by atoms with Crippen LogP contribution in [0.3, 0.4) is 0 Å². The molecule has 0 radical (unpaired) electrons. The van der Waals surface area contributed by atoms with Crippen LogP contribution in [0.5, 0.6) is 0 Å². The molecule has 0 amide bonds. The van der Waals surface area contributed by atoms with Gasteiger partial charge in [0.1, 0.15) is 0 Å². The van der Waals surface area contributed by atoms with E-state index in [2.05, 4.69) is 46.5 Å². The van der Waals surface area contributed by atoms with Crippen molar-refractivity contribution in [2.24, 2.45) is 0 Å². The topological polar surface area (TPSA) is 12.0 Å². The molecule has 0 saturated carbocycles. The molecular formula is C13H13BrClNS. The molecule has 1 atom stereocenters. The van der Waals surface area contributed by atoms with E-state index in [-0.39, 0.29) is 6.04 Å². The van der Waals surface area contributed by atoms with Crippen LogP contribution >= 0.6 is 38.9 Å². The van der Waals surface area contributed by atoms with E-state index in [4.69, 9.17) is 11.6 Å². The molecular weight excluding hydrogens is 318 g/mol. The maximum absolute atomic E-state index is 5.95. The minimum absolute atomic E-state index is 0.282. The lowest BCUT2D eigenvalue weighted by atomic mass is 10.1. The zero-order valence-electron chi connectivity index (χ0n) is 9.63. The van der Waals surface area contributed by atoms with Crippen molar-refractivity contribution in [3.8, 4) is 0 Å². The van der Waals surface area contributed by atoms with Crippen LogP contribution in [0.1, 0.15) is 23.4 Å². The lowest BCUT2D eigenvalue weighted by molar-refractivity contribution is 0.901. The van der Waals surface area contributed by atoms with Gasteiger partial charge in [-0.05, 0) is 65.0 Å². The van der Waals surface area contributed by atoms with Gasteiger partial charge in [-0.15, -0.1) is 11.3 Å². The first-order chi connectivity index (χ1) is 8.08. The molecule has 0 aliphatic heterocycles. The zero-order chi connectivity index (χ0) is 12.4. The van der Waals surface area contributed by atoms with E-state index in [0.29, 0.717) is 0 Å². The highest BCUT2D eigenvalue weighted by atomic mass is 79.9. The van der Waals surface area contributed by atoms with Crippen LogP contribution in [0.15, 0.2) is 34.1 Å². The minimum atomic E-state index is 0.282. The van der Waals surface area contributed by atoms with Crippen LogP contribution in [-0.4, -0.2) is 0 Å². The first-order valence-corrected chi connectivity index (χ1v) is 7.38. The van der Waals surface area contributed by atoms with E-state index in [0.717, 1.165) is 20.7 Å². The lowest BCUT2D eigenvalue weighted by Gasteiger charge is -2.16. The second-order valence-electron chi connectivity index (χ2n) is 3.96. The molecule has 0 spiro atoms. The van der Waals surface area contributed by atoms with E-state index in [9.17, 15) is 0 Å². The third-order valence-electron chi connectivity index (χ3n) is 2.60. The number of aryl methyl sites for hydroxylation is 1. The highest BCUT2D eigenvalue weighted by molar-refractivity contribution is 9.10. The van der Waals surface area contributed by atoms with Crippen molar-refractivity contribution in [3.05, 3.63) is 49.6 Å².